The molecule has 0 spiro atoms. The van der Waals surface area contributed by atoms with Gasteiger partial charge < -0.3 is 19.7 Å². The molecule has 0 aliphatic carbocycles. The van der Waals surface area contributed by atoms with Crippen LogP contribution in [0.2, 0.25) is 0 Å². The molecular weight excluding hydrogens is 458 g/mol. The molecule has 182 valence electrons. The van der Waals surface area contributed by atoms with E-state index in [0.717, 1.165) is 0 Å². The molecule has 10 heteroatoms. The molecule has 2 aromatic carbocycles. The molecule has 0 radical (unpaired) electrons. The summed E-state index contributed by atoms with van der Waals surface area (Å²) >= 11 is 0. The number of amides is 2. The number of carbonyl (C=O) groups is 2. The summed E-state index contributed by atoms with van der Waals surface area (Å²) in [5, 5.41) is 2.93. The third-order valence-corrected chi connectivity index (χ3v) is 7.17. The van der Waals surface area contributed by atoms with Crippen LogP contribution in [-0.2, 0) is 14.8 Å². The first-order valence-corrected chi connectivity index (χ1v) is 12.8. The van der Waals surface area contributed by atoms with Gasteiger partial charge in [0.1, 0.15) is 13.2 Å². The van der Waals surface area contributed by atoms with Crippen LogP contribution in [0.15, 0.2) is 47.4 Å². The molecule has 0 atom stereocenters. The first-order valence-electron chi connectivity index (χ1n) is 11.3. The summed E-state index contributed by atoms with van der Waals surface area (Å²) in [5.41, 5.74) is 0.808. The minimum Gasteiger partial charge on any atom is -0.486 e. The molecule has 2 aliphatic rings. The Morgan fingerprint density at radius 1 is 0.971 bits per heavy atom. The van der Waals surface area contributed by atoms with Crippen LogP contribution in [0, 0.1) is 5.92 Å². The van der Waals surface area contributed by atoms with Gasteiger partial charge >= 0.3 is 0 Å². The van der Waals surface area contributed by atoms with E-state index < -0.39 is 10.0 Å². The van der Waals surface area contributed by atoms with Gasteiger partial charge in [0, 0.05) is 42.4 Å². The van der Waals surface area contributed by atoms with Crippen molar-refractivity contribution in [2.75, 3.05) is 31.0 Å². The number of nitrogens with zero attached hydrogens (tertiary/aromatic N) is 1. The maximum Gasteiger partial charge on any atom is 0.262 e. The van der Waals surface area contributed by atoms with Crippen molar-refractivity contribution in [2.24, 2.45) is 5.92 Å². The second-order valence-corrected chi connectivity index (χ2v) is 10.4. The zero-order chi connectivity index (χ0) is 24.3. The first kappa shape index (κ1) is 23.9. The third kappa shape index (κ3) is 5.44. The Morgan fingerprint density at radius 2 is 1.62 bits per heavy atom. The zero-order valence-corrected chi connectivity index (χ0v) is 20.1. The van der Waals surface area contributed by atoms with Crippen LogP contribution < -0.4 is 19.5 Å². The summed E-state index contributed by atoms with van der Waals surface area (Å²) in [4.78, 5) is 26.9. The number of rotatable bonds is 6. The molecule has 2 aliphatic heterocycles. The van der Waals surface area contributed by atoms with Gasteiger partial charge in [-0.3, -0.25) is 14.3 Å². The molecule has 0 aromatic heterocycles. The van der Waals surface area contributed by atoms with Gasteiger partial charge in [0.25, 0.3) is 15.9 Å². The van der Waals surface area contributed by atoms with Gasteiger partial charge in [-0.2, -0.15) is 0 Å². The number of hydrogen-bond donors (Lipinski definition) is 2. The van der Waals surface area contributed by atoms with Crippen molar-refractivity contribution in [3.8, 4) is 11.5 Å². The number of piperidine rings is 1. The van der Waals surface area contributed by atoms with Crippen molar-refractivity contribution in [3.63, 3.8) is 0 Å². The van der Waals surface area contributed by atoms with Crippen LogP contribution in [0.4, 0.5) is 5.69 Å². The van der Waals surface area contributed by atoms with Crippen LogP contribution in [-0.4, -0.2) is 57.5 Å². The SMILES string of the molecule is CC(C)NC(=O)C1CCN(C(=O)c2ccc(NS(=O)(=O)c3ccc4c(c3)OCCO4)cc2)CC1. The fraction of sp³-hybridized carbons (Fsp3) is 0.417. The first-order chi connectivity index (χ1) is 16.2. The lowest BCUT2D eigenvalue weighted by Gasteiger charge is -2.31. The highest BCUT2D eigenvalue weighted by atomic mass is 32.2. The quantitative estimate of drug-likeness (QED) is 0.648. The Hall–Kier alpha value is -3.27. The van der Waals surface area contributed by atoms with Crippen molar-refractivity contribution < 1.29 is 27.5 Å². The Labute approximate surface area is 199 Å². The number of sulfonamides is 1. The van der Waals surface area contributed by atoms with E-state index in [1.807, 2.05) is 13.8 Å². The van der Waals surface area contributed by atoms with Crippen molar-refractivity contribution in [2.45, 2.75) is 37.6 Å². The summed E-state index contributed by atoms with van der Waals surface area (Å²) in [6.07, 6.45) is 1.25. The lowest BCUT2D eigenvalue weighted by atomic mass is 9.95. The molecule has 0 saturated carbocycles. The van der Waals surface area contributed by atoms with Crippen LogP contribution in [0.3, 0.4) is 0 Å². The molecule has 0 bridgehead atoms. The van der Waals surface area contributed by atoms with Crippen LogP contribution in [0.5, 0.6) is 11.5 Å². The largest absolute Gasteiger partial charge is 0.486 e. The molecule has 1 saturated heterocycles. The van der Waals surface area contributed by atoms with Crippen molar-refractivity contribution in [1.29, 1.82) is 0 Å². The van der Waals surface area contributed by atoms with Crippen molar-refractivity contribution in [3.05, 3.63) is 48.0 Å². The summed E-state index contributed by atoms with van der Waals surface area (Å²) in [5.74, 6) is 0.725. The fourth-order valence-corrected chi connectivity index (χ4v) is 5.09. The smallest absolute Gasteiger partial charge is 0.262 e. The van der Waals surface area contributed by atoms with Crippen LogP contribution in [0.25, 0.3) is 0 Å². The second kappa shape index (κ2) is 9.92. The highest BCUT2D eigenvalue weighted by Gasteiger charge is 2.28. The van der Waals surface area contributed by atoms with E-state index in [0.29, 0.717) is 61.9 Å². The van der Waals surface area contributed by atoms with Gasteiger partial charge in [-0.05, 0) is 63.1 Å². The molecular formula is C24H29N3O6S. The highest BCUT2D eigenvalue weighted by Crippen LogP contribution is 2.32. The number of anilines is 1. The molecule has 4 rings (SSSR count). The summed E-state index contributed by atoms with van der Waals surface area (Å²) < 4.78 is 39.0. The van der Waals surface area contributed by atoms with Crippen LogP contribution in [0.1, 0.15) is 37.0 Å². The molecule has 1 fully saturated rings. The topological polar surface area (TPSA) is 114 Å². The lowest BCUT2D eigenvalue weighted by molar-refractivity contribution is -0.126. The number of fused-ring (bicyclic) bond motifs is 1. The van der Waals surface area contributed by atoms with E-state index in [4.69, 9.17) is 9.47 Å². The molecule has 2 N–H and O–H groups in total. The van der Waals surface area contributed by atoms with Gasteiger partial charge in [0.2, 0.25) is 5.91 Å². The predicted molar refractivity (Wildman–Crippen MR) is 127 cm³/mol. The van der Waals surface area contributed by atoms with Gasteiger partial charge in [0.05, 0.1) is 4.90 Å². The predicted octanol–water partition coefficient (Wildman–Crippen LogP) is 2.64. The summed E-state index contributed by atoms with van der Waals surface area (Å²) in [7, 11) is -3.84. The van der Waals surface area contributed by atoms with E-state index in [9.17, 15) is 18.0 Å². The van der Waals surface area contributed by atoms with Gasteiger partial charge in [0.15, 0.2) is 11.5 Å². The monoisotopic (exact) mass is 487 g/mol. The zero-order valence-electron chi connectivity index (χ0n) is 19.2. The molecule has 0 unspecified atom stereocenters. The van der Waals surface area contributed by atoms with Gasteiger partial charge in [-0.1, -0.05) is 0 Å². The average Bonchev–Trinajstić information content (AvgIpc) is 2.83. The van der Waals surface area contributed by atoms with Gasteiger partial charge in [-0.25, -0.2) is 8.42 Å². The number of carbonyl (C=O) groups excluding carboxylic acids is 2. The number of hydrogen-bond acceptors (Lipinski definition) is 6. The minimum absolute atomic E-state index is 0.0387. The van der Waals surface area contributed by atoms with E-state index in [-0.39, 0.29) is 28.7 Å². The average molecular weight is 488 g/mol. The van der Waals surface area contributed by atoms with Crippen LogP contribution >= 0.6 is 0 Å². The Kier molecular flexibility index (Phi) is 6.97. The summed E-state index contributed by atoms with van der Waals surface area (Å²) in [6, 6.07) is 10.9. The van der Waals surface area contributed by atoms with Crippen molar-refractivity contribution in [1.82, 2.24) is 10.2 Å². The van der Waals surface area contributed by atoms with E-state index >= 15 is 0 Å². The third-order valence-electron chi connectivity index (χ3n) is 5.79. The maximum atomic E-state index is 12.9. The maximum absolute atomic E-state index is 12.9. The van der Waals surface area contributed by atoms with Crippen molar-refractivity contribution >= 4 is 27.5 Å². The molecule has 2 amide bonds. The molecule has 2 heterocycles. The summed E-state index contributed by atoms with van der Waals surface area (Å²) in [6.45, 7) is 5.66. The fourth-order valence-electron chi connectivity index (χ4n) is 4.02. The molecule has 34 heavy (non-hydrogen) atoms. The number of ether oxygens (including phenoxy) is 2. The highest BCUT2D eigenvalue weighted by molar-refractivity contribution is 7.92. The Bertz CT molecular complexity index is 1160. The lowest BCUT2D eigenvalue weighted by Crippen LogP contribution is -2.44. The number of likely N-dealkylation sites (tertiary alicyclic amines) is 1. The second-order valence-electron chi connectivity index (χ2n) is 8.72. The van der Waals surface area contributed by atoms with Gasteiger partial charge in [-0.15, -0.1) is 0 Å². The number of benzene rings is 2. The minimum atomic E-state index is -3.84. The Balaban J connectivity index is 1.37. The number of nitrogens with one attached hydrogen (secondary N) is 2. The standard InChI is InChI=1S/C24H29N3O6S/c1-16(2)25-23(28)17-9-11-27(12-10-17)24(29)18-3-5-19(6-4-18)26-34(30,31)20-7-8-21-22(15-20)33-14-13-32-21/h3-8,15-17,26H,9-14H2,1-2H3,(H,25,28). The van der Waals surface area contributed by atoms with E-state index in [1.165, 1.54) is 12.1 Å². The Morgan fingerprint density at radius 3 is 2.26 bits per heavy atom. The van der Waals surface area contributed by atoms with E-state index in [2.05, 4.69) is 10.0 Å². The molecule has 2 aromatic rings. The molecule has 9 nitrogen and oxygen atoms in total. The normalized spacial score (nSPS) is 16.3. The van der Waals surface area contributed by atoms with E-state index in [1.54, 1.807) is 35.2 Å².